The fourth-order valence-electron chi connectivity index (χ4n) is 2.00. The van der Waals surface area contributed by atoms with E-state index < -0.39 is 6.04 Å². The van der Waals surface area contributed by atoms with Crippen LogP contribution in [0.2, 0.25) is 0 Å². The molecule has 1 rings (SSSR count). The van der Waals surface area contributed by atoms with Crippen LogP contribution in [0.4, 0.5) is 0 Å². The number of likely N-dealkylation sites (N-methyl/N-ethyl adjacent to an activating group) is 1. The highest BCUT2D eigenvalue weighted by Crippen LogP contribution is 2.08. The Balaban J connectivity index is 2.31. The van der Waals surface area contributed by atoms with Crippen LogP contribution in [0.3, 0.4) is 0 Å². The SMILES string of the molecule is CCN(C)C(=O)C(C)NC(=O)CC1CCCN1. The van der Waals surface area contributed by atoms with Crippen LogP contribution >= 0.6 is 0 Å². The van der Waals surface area contributed by atoms with Crippen molar-refractivity contribution < 1.29 is 9.59 Å². The van der Waals surface area contributed by atoms with E-state index in [1.54, 1.807) is 18.9 Å². The average Bonchev–Trinajstić information content (AvgIpc) is 2.79. The molecule has 1 saturated heterocycles. The molecule has 1 heterocycles. The minimum Gasteiger partial charge on any atom is -0.345 e. The van der Waals surface area contributed by atoms with Crippen molar-refractivity contribution in [3.8, 4) is 0 Å². The van der Waals surface area contributed by atoms with Gasteiger partial charge in [-0.2, -0.15) is 0 Å². The highest BCUT2D eigenvalue weighted by molar-refractivity contribution is 5.87. The molecule has 0 aliphatic carbocycles. The lowest BCUT2D eigenvalue weighted by Gasteiger charge is -2.21. The van der Waals surface area contributed by atoms with Gasteiger partial charge < -0.3 is 15.5 Å². The third-order valence-electron chi connectivity index (χ3n) is 3.19. The Kier molecular flexibility index (Phi) is 5.41. The summed E-state index contributed by atoms with van der Waals surface area (Å²) in [5.74, 6) is -0.0880. The first-order valence-corrected chi connectivity index (χ1v) is 6.32. The summed E-state index contributed by atoms with van der Waals surface area (Å²) in [6.45, 7) is 5.29. The molecule has 5 nitrogen and oxygen atoms in total. The molecule has 1 fully saturated rings. The topological polar surface area (TPSA) is 61.4 Å². The molecule has 98 valence electrons. The van der Waals surface area contributed by atoms with Crippen LogP contribution in [0.5, 0.6) is 0 Å². The lowest BCUT2D eigenvalue weighted by atomic mass is 10.1. The molecule has 17 heavy (non-hydrogen) atoms. The summed E-state index contributed by atoms with van der Waals surface area (Å²) >= 11 is 0. The molecular weight excluding hydrogens is 218 g/mol. The molecule has 0 radical (unpaired) electrons. The van der Waals surface area contributed by atoms with Crippen LogP contribution in [0.25, 0.3) is 0 Å². The monoisotopic (exact) mass is 241 g/mol. The van der Waals surface area contributed by atoms with Crippen LogP contribution < -0.4 is 10.6 Å². The molecule has 2 amide bonds. The summed E-state index contributed by atoms with van der Waals surface area (Å²) in [7, 11) is 1.74. The summed E-state index contributed by atoms with van der Waals surface area (Å²) < 4.78 is 0. The van der Waals surface area contributed by atoms with Gasteiger partial charge in [0.15, 0.2) is 0 Å². The molecule has 0 bridgehead atoms. The minimum atomic E-state index is -0.436. The van der Waals surface area contributed by atoms with Crippen LogP contribution in [-0.2, 0) is 9.59 Å². The average molecular weight is 241 g/mol. The van der Waals surface area contributed by atoms with Gasteiger partial charge >= 0.3 is 0 Å². The first kappa shape index (κ1) is 14.0. The van der Waals surface area contributed by atoms with Crippen LogP contribution in [0, 0.1) is 0 Å². The number of hydrogen-bond donors (Lipinski definition) is 2. The first-order valence-electron chi connectivity index (χ1n) is 6.32. The molecule has 2 atom stereocenters. The smallest absolute Gasteiger partial charge is 0.244 e. The lowest BCUT2D eigenvalue weighted by Crippen LogP contribution is -2.46. The quantitative estimate of drug-likeness (QED) is 0.718. The molecule has 1 aliphatic heterocycles. The van der Waals surface area contributed by atoms with E-state index in [4.69, 9.17) is 0 Å². The summed E-state index contributed by atoms with van der Waals surface area (Å²) in [6.07, 6.45) is 2.64. The van der Waals surface area contributed by atoms with Crippen molar-refractivity contribution in [1.29, 1.82) is 0 Å². The predicted molar refractivity (Wildman–Crippen MR) is 66.6 cm³/mol. The van der Waals surface area contributed by atoms with Gasteiger partial charge in [-0.25, -0.2) is 0 Å². The van der Waals surface area contributed by atoms with Gasteiger partial charge in [-0.3, -0.25) is 9.59 Å². The first-order chi connectivity index (χ1) is 8.04. The molecule has 0 aromatic heterocycles. The number of amides is 2. The van der Waals surface area contributed by atoms with Gasteiger partial charge in [0, 0.05) is 26.1 Å². The number of rotatable bonds is 5. The van der Waals surface area contributed by atoms with E-state index in [9.17, 15) is 9.59 Å². The van der Waals surface area contributed by atoms with Crippen molar-refractivity contribution in [2.45, 2.75) is 45.2 Å². The fourth-order valence-corrected chi connectivity index (χ4v) is 2.00. The predicted octanol–water partition coefficient (Wildman–Crippen LogP) is 0.112. The minimum absolute atomic E-state index is 0.0415. The number of hydrogen-bond acceptors (Lipinski definition) is 3. The largest absolute Gasteiger partial charge is 0.345 e. The Labute approximate surface area is 103 Å². The zero-order valence-electron chi connectivity index (χ0n) is 11.0. The molecule has 0 spiro atoms. The van der Waals surface area contributed by atoms with Crippen molar-refractivity contribution in [3.63, 3.8) is 0 Å². The van der Waals surface area contributed by atoms with Gasteiger partial charge in [-0.1, -0.05) is 0 Å². The molecule has 1 aliphatic rings. The molecule has 5 heteroatoms. The number of carbonyl (C=O) groups is 2. The van der Waals surface area contributed by atoms with Crippen molar-refractivity contribution in [2.24, 2.45) is 0 Å². The Morgan fingerprint density at radius 3 is 2.76 bits per heavy atom. The van der Waals surface area contributed by atoms with Gasteiger partial charge in [0.25, 0.3) is 0 Å². The molecule has 2 unspecified atom stereocenters. The molecule has 0 aromatic carbocycles. The van der Waals surface area contributed by atoms with E-state index in [1.165, 1.54) is 0 Å². The van der Waals surface area contributed by atoms with Gasteiger partial charge in [-0.15, -0.1) is 0 Å². The third kappa shape index (κ3) is 4.34. The van der Waals surface area contributed by atoms with E-state index in [2.05, 4.69) is 10.6 Å². The highest BCUT2D eigenvalue weighted by atomic mass is 16.2. The molecule has 0 saturated carbocycles. The van der Waals surface area contributed by atoms with E-state index in [-0.39, 0.29) is 17.9 Å². The number of carbonyl (C=O) groups excluding carboxylic acids is 2. The third-order valence-corrected chi connectivity index (χ3v) is 3.19. The van der Waals surface area contributed by atoms with Gasteiger partial charge in [0.2, 0.25) is 11.8 Å². The summed E-state index contributed by atoms with van der Waals surface area (Å²) in [4.78, 5) is 25.1. The molecule has 0 aromatic rings. The Morgan fingerprint density at radius 2 is 2.24 bits per heavy atom. The summed E-state index contributed by atoms with van der Waals surface area (Å²) in [6, 6.07) is -0.157. The Bertz CT molecular complexity index is 275. The molecule has 2 N–H and O–H groups in total. The van der Waals surface area contributed by atoms with Crippen LogP contribution in [0.15, 0.2) is 0 Å². The Morgan fingerprint density at radius 1 is 1.53 bits per heavy atom. The van der Waals surface area contributed by atoms with Gasteiger partial charge in [-0.05, 0) is 33.2 Å². The van der Waals surface area contributed by atoms with E-state index in [0.29, 0.717) is 13.0 Å². The van der Waals surface area contributed by atoms with Crippen molar-refractivity contribution in [3.05, 3.63) is 0 Å². The maximum absolute atomic E-state index is 11.7. The highest BCUT2D eigenvalue weighted by Gasteiger charge is 2.21. The van der Waals surface area contributed by atoms with E-state index >= 15 is 0 Å². The van der Waals surface area contributed by atoms with Gasteiger partial charge in [0.05, 0.1) is 0 Å². The zero-order chi connectivity index (χ0) is 12.8. The second-order valence-electron chi connectivity index (χ2n) is 4.64. The maximum Gasteiger partial charge on any atom is 0.244 e. The number of nitrogens with zero attached hydrogens (tertiary/aromatic N) is 1. The van der Waals surface area contributed by atoms with Crippen LogP contribution in [-0.4, -0.2) is 48.9 Å². The van der Waals surface area contributed by atoms with E-state index in [1.807, 2.05) is 6.92 Å². The molecular formula is C12H23N3O2. The maximum atomic E-state index is 11.7. The summed E-state index contributed by atoms with van der Waals surface area (Å²) in [5.41, 5.74) is 0. The fraction of sp³-hybridized carbons (Fsp3) is 0.833. The van der Waals surface area contributed by atoms with E-state index in [0.717, 1.165) is 19.4 Å². The second-order valence-corrected chi connectivity index (χ2v) is 4.64. The van der Waals surface area contributed by atoms with Crippen molar-refractivity contribution in [2.75, 3.05) is 20.1 Å². The van der Waals surface area contributed by atoms with Crippen molar-refractivity contribution >= 4 is 11.8 Å². The normalized spacial score (nSPS) is 21.0. The van der Waals surface area contributed by atoms with Crippen molar-refractivity contribution in [1.82, 2.24) is 15.5 Å². The summed E-state index contributed by atoms with van der Waals surface area (Å²) in [5, 5.41) is 6.02. The van der Waals surface area contributed by atoms with Crippen LogP contribution in [0.1, 0.15) is 33.1 Å². The standard InChI is InChI=1S/C12H23N3O2/c1-4-15(3)12(17)9(2)14-11(16)8-10-6-5-7-13-10/h9-10,13H,4-8H2,1-3H3,(H,14,16). The second kappa shape index (κ2) is 6.59. The zero-order valence-corrected chi connectivity index (χ0v) is 11.0. The lowest BCUT2D eigenvalue weighted by molar-refractivity contribution is -0.134. The Hall–Kier alpha value is -1.10. The number of nitrogens with one attached hydrogen (secondary N) is 2. The van der Waals surface area contributed by atoms with Gasteiger partial charge in [0.1, 0.15) is 6.04 Å².